The Morgan fingerprint density at radius 2 is 2.00 bits per heavy atom. The number of amides is 1. The van der Waals surface area contributed by atoms with Crippen molar-refractivity contribution in [2.45, 2.75) is 6.54 Å². The van der Waals surface area contributed by atoms with Crippen LogP contribution in [0.5, 0.6) is 0 Å². The van der Waals surface area contributed by atoms with Gasteiger partial charge < -0.3 is 4.57 Å². The summed E-state index contributed by atoms with van der Waals surface area (Å²) >= 11 is 0. The molecule has 1 aromatic heterocycles. The van der Waals surface area contributed by atoms with Crippen molar-refractivity contribution in [3.8, 4) is 0 Å². The molecule has 8 nitrogen and oxygen atoms in total. The van der Waals surface area contributed by atoms with E-state index in [-0.39, 0.29) is 17.8 Å². The molecule has 0 radical (unpaired) electrons. The van der Waals surface area contributed by atoms with Gasteiger partial charge in [-0.3, -0.25) is 19.7 Å². The minimum atomic E-state index is -0.500. The molecule has 0 saturated heterocycles. The Morgan fingerprint density at radius 1 is 1.27 bits per heavy atom. The molecule has 8 heteroatoms. The molecule has 0 spiro atoms. The number of hydrogen-bond acceptors (Lipinski definition) is 5. The van der Waals surface area contributed by atoms with Gasteiger partial charge in [0.2, 0.25) is 0 Å². The molecular weight excluding hydrogens is 288 g/mol. The third-order valence-corrected chi connectivity index (χ3v) is 2.72. The number of hydrazone groups is 1. The van der Waals surface area contributed by atoms with E-state index < -0.39 is 10.8 Å². The number of benzene rings is 1. The number of nitrogens with one attached hydrogen (secondary N) is 1. The number of aromatic nitrogens is 1. The van der Waals surface area contributed by atoms with Gasteiger partial charge in [0.25, 0.3) is 17.2 Å². The number of nitro benzene ring substituents is 1. The van der Waals surface area contributed by atoms with Crippen molar-refractivity contribution < 1.29 is 9.72 Å². The van der Waals surface area contributed by atoms with E-state index in [0.717, 1.165) is 0 Å². The number of pyridine rings is 1. The first-order valence-electron chi connectivity index (χ1n) is 6.28. The number of carbonyl (C=O) groups is 1. The van der Waals surface area contributed by atoms with Gasteiger partial charge in [0, 0.05) is 24.4 Å². The van der Waals surface area contributed by atoms with Gasteiger partial charge in [0.05, 0.1) is 11.1 Å². The first-order valence-corrected chi connectivity index (χ1v) is 6.28. The van der Waals surface area contributed by atoms with Crippen LogP contribution in [0, 0.1) is 10.1 Å². The zero-order valence-corrected chi connectivity index (χ0v) is 11.4. The number of hydrogen-bond donors (Lipinski definition) is 1. The van der Waals surface area contributed by atoms with Gasteiger partial charge >= 0.3 is 0 Å². The van der Waals surface area contributed by atoms with E-state index in [1.165, 1.54) is 47.3 Å². The van der Waals surface area contributed by atoms with Gasteiger partial charge in [-0.1, -0.05) is 6.07 Å². The first kappa shape index (κ1) is 15.1. The van der Waals surface area contributed by atoms with E-state index in [4.69, 9.17) is 0 Å². The summed E-state index contributed by atoms with van der Waals surface area (Å²) in [4.78, 5) is 33.1. The highest BCUT2D eigenvalue weighted by atomic mass is 16.6. The monoisotopic (exact) mass is 300 g/mol. The fourth-order valence-corrected chi connectivity index (χ4v) is 1.64. The van der Waals surface area contributed by atoms with Crippen LogP contribution in [0.15, 0.2) is 58.6 Å². The standard InChI is InChI=1S/C14H12N4O4/c19-13(10-17-8-2-1-3-14(17)20)16-15-9-11-4-6-12(7-5-11)18(21)22/h1-9H,10H2,(H,16,19)/b15-9-. The van der Waals surface area contributed by atoms with E-state index in [1.807, 2.05) is 0 Å². The zero-order chi connectivity index (χ0) is 15.9. The zero-order valence-electron chi connectivity index (χ0n) is 11.4. The molecule has 0 atom stereocenters. The highest BCUT2D eigenvalue weighted by Crippen LogP contribution is 2.10. The molecule has 0 aliphatic carbocycles. The van der Waals surface area contributed by atoms with Crippen LogP contribution in [0.1, 0.15) is 5.56 Å². The van der Waals surface area contributed by atoms with Crippen LogP contribution < -0.4 is 11.0 Å². The molecule has 1 aromatic carbocycles. The van der Waals surface area contributed by atoms with Gasteiger partial charge in [-0.15, -0.1) is 0 Å². The highest BCUT2D eigenvalue weighted by molar-refractivity contribution is 5.82. The molecular formula is C14H12N4O4. The van der Waals surface area contributed by atoms with Crippen molar-refractivity contribution in [2.24, 2.45) is 5.10 Å². The second kappa shape index (κ2) is 6.93. The number of nitro groups is 1. The van der Waals surface area contributed by atoms with E-state index in [1.54, 1.807) is 12.1 Å². The third kappa shape index (κ3) is 4.10. The average Bonchev–Trinajstić information content (AvgIpc) is 2.50. The predicted molar refractivity (Wildman–Crippen MR) is 79.5 cm³/mol. The molecule has 1 N–H and O–H groups in total. The minimum Gasteiger partial charge on any atom is -0.306 e. The number of non-ortho nitro benzene ring substituents is 1. The van der Waals surface area contributed by atoms with Crippen LogP contribution in [0.2, 0.25) is 0 Å². The van der Waals surface area contributed by atoms with E-state index in [9.17, 15) is 19.7 Å². The van der Waals surface area contributed by atoms with Crippen LogP contribution in [0.4, 0.5) is 5.69 Å². The Labute approximate surface area is 124 Å². The van der Waals surface area contributed by atoms with Gasteiger partial charge in [-0.2, -0.15) is 5.10 Å². The topological polar surface area (TPSA) is 107 Å². The Bertz CT molecular complexity index is 765. The Hall–Kier alpha value is -3.29. The van der Waals surface area contributed by atoms with Crippen molar-refractivity contribution in [2.75, 3.05) is 0 Å². The summed E-state index contributed by atoms with van der Waals surface area (Å²) in [6.45, 7) is -0.142. The molecule has 1 heterocycles. The molecule has 1 amide bonds. The third-order valence-electron chi connectivity index (χ3n) is 2.72. The minimum absolute atomic E-state index is 0.0235. The molecule has 0 aliphatic heterocycles. The van der Waals surface area contributed by atoms with Crippen molar-refractivity contribution in [3.63, 3.8) is 0 Å². The van der Waals surface area contributed by atoms with E-state index in [0.29, 0.717) is 5.56 Å². The molecule has 112 valence electrons. The normalized spacial score (nSPS) is 10.5. The highest BCUT2D eigenvalue weighted by Gasteiger charge is 2.03. The number of carbonyl (C=O) groups excluding carboxylic acids is 1. The molecule has 0 unspecified atom stereocenters. The van der Waals surface area contributed by atoms with E-state index >= 15 is 0 Å². The van der Waals surface area contributed by atoms with Crippen LogP contribution in [0.3, 0.4) is 0 Å². The molecule has 0 saturated carbocycles. The maximum absolute atomic E-state index is 11.6. The van der Waals surface area contributed by atoms with Crippen LogP contribution in [-0.4, -0.2) is 21.6 Å². The van der Waals surface area contributed by atoms with Crippen LogP contribution in [-0.2, 0) is 11.3 Å². The molecule has 0 fully saturated rings. The predicted octanol–water partition coefficient (Wildman–Crippen LogP) is 0.907. The summed E-state index contributed by atoms with van der Waals surface area (Å²) in [5.74, 6) is -0.452. The molecule has 2 aromatic rings. The Kier molecular flexibility index (Phi) is 4.76. The lowest BCUT2D eigenvalue weighted by Gasteiger charge is -2.02. The summed E-state index contributed by atoms with van der Waals surface area (Å²) < 4.78 is 1.25. The summed E-state index contributed by atoms with van der Waals surface area (Å²) in [5, 5.41) is 14.2. The summed E-state index contributed by atoms with van der Waals surface area (Å²) in [6.07, 6.45) is 2.86. The summed E-state index contributed by atoms with van der Waals surface area (Å²) in [7, 11) is 0. The second-order valence-corrected chi connectivity index (χ2v) is 4.31. The largest absolute Gasteiger partial charge is 0.306 e. The molecule has 2 rings (SSSR count). The number of rotatable bonds is 5. The lowest BCUT2D eigenvalue weighted by molar-refractivity contribution is -0.384. The maximum Gasteiger partial charge on any atom is 0.269 e. The number of nitrogens with zero attached hydrogens (tertiary/aromatic N) is 3. The molecule has 0 bridgehead atoms. The molecule has 22 heavy (non-hydrogen) atoms. The summed E-state index contributed by atoms with van der Waals surface area (Å²) in [5.41, 5.74) is 2.58. The van der Waals surface area contributed by atoms with E-state index in [2.05, 4.69) is 10.5 Å². The molecule has 0 aliphatic rings. The van der Waals surface area contributed by atoms with Crippen molar-refractivity contribution >= 4 is 17.8 Å². The van der Waals surface area contributed by atoms with Gasteiger partial charge in [-0.05, 0) is 23.8 Å². The van der Waals surface area contributed by atoms with Crippen molar-refractivity contribution in [1.29, 1.82) is 0 Å². The van der Waals surface area contributed by atoms with Crippen molar-refractivity contribution in [1.82, 2.24) is 9.99 Å². The van der Waals surface area contributed by atoms with Gasteiger partial charge in [0.1, 0.15) is 6.54 Å². The SMILES string of the molecule is O=C(Cn1ccccc1=O)N/N=C\c1ccc([N+](=O)[O-])cc1. The van der Waals surface area contributed by atoms with Crippen LogP contribution in [0.25, 0.3) is 0 Å². The average molecular weight is 300 g/mol. The fraction of sp³-hybridized carbons (Fsp3) is 0.0714. The smallest absolute Gasteiger partial charge is 0.269 e. The van der Waals surface area contributed by atoms with Crippen LogP contribution >= 0.6 is 0 Å². The second-order valence-electron chi connectivity index (χ2n) is 4.31. The quantitative estimate of drug-likeness (QED) is 0.503. The Morgan fingerprint density at radius 3 is 2.64 bits per heavy atom. The first-order chi connectivity index (χ1) is 10.6. The lowest BCUT2D eigenvalue weighted by Crippen LogP contribution is -2.28. The maximum atomic E-state index is 11.6. The fourth-order valence-electron chi connectivity index (χ4n) is 1.64. The van der Waals surface area contributed by atoms with Gasteiger partial charge in [-0.25, -0.2) is 5.43 Å². The summed E-state index contributed by atoms with van der Waals surface area (Å²) in [6, 6.07) is 10.3. The van der Waals surface area contributed by atoms with Crippen molar-refractivity contribution in [3.05, 3.63) is 74.7 Å². The lowest BCUT2D eigenvalue weighted by atomic mass is 10.2. The van der Waals surface area contributed by atoms with Gasteiger partial charge in [0.15, 0.2) is 0 Å². The Balaban J connectivity index is 1.92.